The first-order valence-corrected chi connectivity index (χ1v) is 41.9. The van der Waals surface area contributed by atoms with Crippen molar-refractivity contribution in [3.05, 3.63) is 97.2 Å². The van der Waals surface area contributed by atoms with Gasteiger partial charge in [-0.15, -0.1) is 0 Å². The molecule has 0 aliphatic carbocycles. The van der Waals surface area contributed by atoms with Gasteiger partial charge in [-0.1, -0.05) is 387 Å². The van der Waals surface area contributed by atoms with Crippen LogP contribution in [0.3, 0.4) is 0 Å². The zero-order chi connectivity index (χ0) is 69.0. The molecule has 0 saturated carbocycles. The summed E-state index contributed by atoms with van der Waals surface area (Å²) in [6.45, 7) is 4.17. The minimum atomic E-state index is -4.65. The first-order chi connectivity index (χ1) is 46.5. The topological polar surface area (TPSA) is 111 Å². The molecule has 0 N–H and O–H groups in total. The van der Waals surface area contributed by atoms with Crippen LogP contribution in [0.1, 0.15) is 380 Å². The molecule has 0 aliphatic rings. The van der Waals surface area contributed by atoms with Gasteiger partial charge >= 0.3 is 11.9 Å². The summed E-state index contributed by atoms with van der Waals surface area (Å²) >= 11 is 0. The number of quaternary nitrogens is 1. The van der Waals surface area contributed by atoms with Crippen molar-refractivity contribution in [2.45, 2.75) is 386 Å². The van der Waals surface area contributed by atoms with Crippen LogP contribution in [0, 0.1) is 0 Å². The van der Waals surface area contributed by atoms with Crippen LogP contribution in [-0.2, 0) is 32.7 Å². The first-order valence-electron chi connectivity index (χ1n) is 40.4. The first kappa shape index (κ1) is 91.9. The minimum absolute atomic E-state index is 0.0336. The van der Waals surface area contributed by atoms with E-state index in [1.165, 1.54) is 250 Å². The molecule has 0 fully saturated rings. The molecule has 0 aromatic rings. The van der Waals surface area contributed by atoms with Crippen LogP contribution in [0.15, 0.2) is 97.2 Å². The minimum Gasteiger partial charge on any atom is -0.756 e. The number of nitrogens with zero attached hydrogens (tertiary/aromatic N) is 1. The third-order valence-electron chi connectivity index (χ3n) is 17.9. The number of carbonyl (C=O) groups excluding carboxylic acids is 2. The summed E-state index contributed by atoms with van der Waals surface area (Å²) in [6.07, 6.45) is 105. The summed E-state index contributed by atoms with van der Waals surface area (Å²) in [4.78, 5) is 38.2. The van der Waals surface area contributed by atoms with Gasteiger partial charge in [0.25, 0.3) is 7.82 Å². The Labute approximate surface area is 589 Å². The molecule has 95 heavy (non-hydrogen) atoms. The molecule has 552 valence electrons. The third-order valence-corrected chi connectivity index (χ3v) is 18.8. The van der Waals surface area contributed by atoms with Gasteiger partial charge in [-0.25, -0.2) is 0 Å². The molecule has 0 radical (unpaired) electrons. The van der Waals surface area contributed by atoms with Gasteiger partial charge in [0.15, 0.2) is 6.10 Å². The van der Waals surface area contributed by atoms with E-state index in [-0.39, 0.29) is 32.0 Å². The van der Waals surface area contributed by atoms with Crippen LogP contribution in [0.4, 0.5) is 0 Å². The highest BCUT2D eigenvalue weighted by Gasteiger charge is 2.22. The van der Waals surface area contributed by atoms with E-state index in [9.17, 15) is 19.0 Å². The van der Waals surface area contributed by atoms with Crippen molar-refractivity contribution in [2.24, 2.45) is 0 Å². The molecular weight excluding hydrogens is 1190 g/mol. The van der Waals surface area contributed by atoms with E-state index in [1.807, 2.05) is 21.1 Å². The lowest BCUT2D eigenvalue weighted by Gasteiger charge is -2.28. The normalized spacial score (nSPS) is 13.5. The Morgan fingerprint density at radius 2 is 0.600 bits per heavy atom. The molecule has 2 atom stereocenters. The maximum absolute atomic E-state index is 12.9. The van der Waals surface area contributed by atoms with Crippen LogP contribution in [0.2, 0.25) is 0 Å². The fraction of sp³-hybridized carbons (Fsp3) is 0.788. The van der Waals surface area contributed by atoms with Crippen LogP contribution >= 0.6 is 7.82 Å². The Hall–Kier alpha value is -3.07. The van der Waals surface area contributed by atoms with Gasteiger partial charge in [0.1, 0.15) is 19.8 Å². The number of phosphoric ester groups is 1. The molecule has 0 heterocycles. The maximum atomic E-state index is 12.9. The van der Waals surface area contributed by atoms with Gasteiger partial charge in [-0.3, -0.25) is 14.2 Å². The predicted molar refractivity (Wildman–Crippen MR) is 411 cm³/mol. The predicted octanol–water partition coefficient (Wildman–Crippen LogP) is 26.4. The second kappa shape index (κ2) is 75.1. The Bertz CT molecular complexity index is 1930. The SMILES string of the molecule is CC/C=C\C/C=C\C/C=C\C/C=C\C/C=C\C/C=C\C/C=C\C/C=C\CCCCCCCCCCCCC(=O)OC(COC(=O)CCCCCCCCCCCCCCCCCCCCCCCCCCCCCCCCCCCCCC)COP(=O)([O-])OCC[N+](C)(C)C. The van der Waals surface area contributed by atoms with Crippen molar-refractivity contribution in [3.8, 4) is 0 Å². The molecule has 0 bridgehead atoms. The summed E-state index contributed by atoms with van der Waals surface area (Å²) in [5.41, 5.74) is 0. The van der Waals surface area contributed by atoms with Gasteiger partial charge in [0.2, 0.25) is 0 Å². The number of carbonyl (C=O) groups is 2. The Balaban J connectivity index is 3.97. The molecule has 0 aromatic heterocycles. The third kappa shape index (κ3) is 79.8. The standard InChI is InChI=1S/C85H154NO8P/c1-6-8-10-12-14-16-18-20-22-24-26-28-30-32-34-36-38-40-42-44-45-47-49-51-53-55-57-59-61-63-65-67-69-71-73-75-77-84(87)91-81-83(82-93-95(89,90)92-80-79-86(3,4)5)94-85(88)78-76-74-72-70-68-66-64-62-60-58-56-54-52-50-48-46-43-41-39-37-35-33-31-29-27-25-23-21-19-17-15-13-11-9-7-2/h9,11,15,17,21,23,27,29,33,35,39,41,46,48,52,54,83H,6-8,10,12-14,16,18-20,22,24-26,28,30-32,34,36-38,40,42-45,47,49-51,53,55-82H2,1-5H3/b11-9-,17-15-,23-21-,29-27-,35-33-,41-39-,48-46-,54-52-. The molecule has 9 nitrogen and oxygen atoms in total. The number of allylic oxidation sites excluding steroid dienone is 16. The largest absolute Gasteiger partial charge is 0.756 e. The van der Waals surface area contributed by atoms with Crippen molar-refractivity contribution in [3.63, 3.8) is 0 Å². The molecule has 0 rings (SSSR count). The highest BCUT2D eigenvalue weighted by atomic mass is 31.2. The summed E-state index contributed by atoms with van der Waals surface area (Å²) in [5, 5.41) is 0. The van der Waals surface area contributed by atoms with Gasteiger partial charge < -0.3 is 27.9 Å². The number of hydrogen-bond donors (Lipinski definition) is 0. The molecule has 0 saturated heterocycles. The number of rotatable bonds is 75. The zero-order valence-corrected chi connectivity index (χ0v) is 64.0. The number of likely N-dealkylation sites (N-methyl/N-ethyl adjacent to an activating group) is 1. The molecule has 0 amide bonds. The molecule has 2 unspecified atom stereocenters. The lowest BCUT2D eigenvalue weighted by atomic mass is 10.0. The van der Waals surface area contributed by atoms with Gasteiger partial charge in [-0.2, -0.15) is 0 Å². The van der Waals surface area contributed by atoms with Crippen LogP contribution in [0.25, 0.3) is 0 Å². The lowest BCUT2D eigenvalue weighted by Crippen LogP contribution is -2.37. The second-order valence-electron chi connectivity index (χ2n) is 28.4. The van der Waals surface area contributed by atoms with Crippen LogP contribution in [-0.4, -0.2) is 70.0 Å². The Morgan fingerprint density at radius 1 is 0.337 bits per heavy atom. The highest BCUT2D eigenvalue weighted by Crippen LogP contribution is 2.38. The van der Waals surface area contributed by atoms with Crippen molar-refractivity contribution >= 4 is 19.8 Å². The summed E-state index contributed by atoms with van der Waals surface area (Å²) in [7, 11) is 1.17. The monoisotopic (exact) mass is 1350 g/mol. The maximum Gasteiger partial charge on any atom is 0.306 e. The van der Waals surface area contributed by atoms with Crippen LogP contribution in [0.5, 0.6) is 0 Å². The zero-order valence-electron chi connectivity index (χ0n) is 63.1. The molecule has 0 aromatic carbocycles. The molecule has 0 aliphatic heterocycles. The van der Waals surface area contributed by atoms with E-state index in [0.717, 1.165) is 96.3 Å². The number of phosphoric acid groups is 1. The number of esters is 2. The molecule has 0 spiro atoms. The average Bonchev–Trinajstić information content (AvgIpc) is 2.16. The summed E-state index contributed by atoms with van der Waals surface area (Å²) < 4.78 is 34.4. The number of unbranched alkanes of at least 4 members (excludes halogenated alkanes) is 45. The quantitative estimate of drug-likeness (QED) is 0.0195. The van der Waals surface area contributed by atoms with Crippen molar-refractivity contribution in [1.29, 1.82) is 0 Å². The van der Waals surface area contributed by atoms with Crippen molar-refractivity contribution in [1.82, 2.24) is 0 Å². The second-order valence-corrected chi connectivity index (χ2v) is 29.8. The molecular formula is C85H154NO8P. The van der Waals surface area contributed by atoms with E-state index in [1.54, 1.807) is 0 Å². The van der Waals surface area contributed by atoms with E-state index >= 15 is 0 Å². The van der Waals surface area contributed by atoms with Gasteiger partial charge in [0, 0.05) is 12.8 Å². The van der Waals surface area contributed by atoms with Gasteiger partial charge in [-0.05, 0) is 77.0 Å². The molecule has 10 heteroatoms. The van der Waals surface area contributed by atoms with E-state index in [4.69, 9.17) is 18.5 Å². The smallest absolute Gasteiger partial charge is 0.306 e. The number of ether oxygens (including phenoxy) is 2. The van der Waals surface area contributed by atoms with Crippen molar-refractivity contribution < 1.29 is 42.1 Å². The van der Waals surface area contributed by atoms with Gasteiger partial charge in [0.05, 0.1) is 27.7 Å². The number of hydrogen-bond acceptors (Lipinski definition) is 8. The Kier molecular flexibility index (Phi) is 72.7. The van der Waals surface area contributed by atoms with E-state index in [2.05, 4.69) is 111 Å². The van der Waals surface area contributed by atoms with Crippen molar-refractivity contribution in [2.75, 3.05) is 47.5 Å². The highest BCUT2D eigenvalue weighted by molar-refractivity contribution is 7.45. The fourth-order valence-corrected chi connectivity index (χ4v) is 12.5. The van der Waals surface area contributed by atoms with Crippen LogP contribution < -0.4 is 4.89 Å². The Morgan fingerprint density at radius 3 is 0.895 bits per heavy atom. The fourth-order valence-electron chi connectivity index (χ4n) is 11.7. The van der Waals surface area contributed by atoms with E-state index < -0.39 is 26.5 Å². The summed E-state index contributed by atoms with van der Waals surface area (Å²) in [6, 6.07) is 0. The van der Waals surface area contributed by atoms with E-state index in [0.29, 0.717) is 17.4 Å². The lowest BCUT2D eigenvalue weighted by molar-refractivity contribution is -0.870. The summed E-state index contributed by atoms with van der Waals surface area (Å²) in [5.74, 6) is -0.826. The average molecular weight is 1350 g/mol.